The molecule has 0 fully saturated rings. The van der Waals surface area contributed by atoms with E-state index in [2.05, 4.69) is 5.32 Å². The summed E-state index contributed by atoms with van der Waals surface area (Å²) in [6.07, 6.45) is 0. The van der Waals surface area contributed by atoms with Crippen LogP contribution in [0, 0.1) is 13.8 Å². The second kappa shape index (κ2) is 9.59. The van der Waals surface area contributed by atoms with Crippen molar-refractivity contribution in [2.45, 2.75) is 59.7 Å². The number of carbonyl (C=O) groups excluding carboxylic acids is 2. The monoisotopic (exact) mass is 396 g/mol. The number of hydrogen-bond acceptors (Lipinski definition) is 3. The average Bonchev–Trinajstić information content (AvgIpc) is 2.66. The lowest BCUT2D eigenvalue weighted by Gasteiger charge is -2.31. The second-order valence-electron chi connectivity index (χ2n) is 8.41. The van der Waals surface area contributed by atoms with Crippen molar-refractivity contribution in [3.8, 4) is 5.75 Å². The summed E-state index contributed by atoms with van der Waals surface area (Å²) in [6.45, 7) is 11.7. The van der Waals surface area contributed by atoms with Crippen molar-refractivity contribution in [2.24, 2.45) is 0 Å². The summed E-state index contributed by atoms with van der Waals surface area (Å²) in [5.41, 5.74) is 2.70. The average molecular weight is 397 g/mol. The summed E-state index contributed by atoms with van der Waals surface area (Å²) < 4.78 is 5.81. The van der Waals surface area contributed by atoms with Crippen LogP contribution in [0.4, 0.5) is 0 Å². The van der Waals surface area contributed by atoms with Crippen molar-refractivity contribution < 1.29 is 14.3 Å². The van der Waals surface area contributed by atoms with E-state index in [1.807, 2.05) is 83.1 Å². The molecule has 5 nitrogen and oxygen atoms in total. The Bertz CT molecular complexity index is 841. The molecule has 0 aliphatic heterocycles. The summed E-state index contributed by atoms with van der Waals surface area (Å²) in [6, 6.07) is 14.8. The van der Waals surface area contributed by atoms with Crippen molar-refractivity contribution in [1.29, 1.82) is 0 Å². The molecule has 0 radical (unpaired) electrons. The Morgan fingerprint density at radius 2 is 1.69 bits per heavy atom. The zero-order valence-electron chi connectivity index (χ0n) is 18.3. The van der Waals surface area contributed by atoms with Crippen LogP contribution in [0.5, 0.6) is 5.75 Å². The van der Waals surface area contributed by atoms with Gasteiger partial charge in [-0.05, 0) is 64.3 Å². The normalized spacial score (nSPS) is 12.2. The van der Waals surface area contributed by atoms with Gasteiger partial charge in [-0.15, -0.1) is 0 Å². The molecular weight excluding hydrogens is 364 g/mol. The van der Waals surface area contributed by atoms with Crippen molar-refractivity contribution in [3.05, 3.63) is 65.2 Å². The summed E-state index contributed by atoms with van der Waals surface area (Å²) in [5.74, 6) is 0.268. The van der Waals surface area contributed by atoms with Crippen LogP contribution in [0.25, 0.3) is 0 Å². The molecule has 29 heavy (non-hydrogen) atoms. The molecule has 0 spiro atoms. The Morgan fingerprint density at radius 1 is 1.03 bits per heavy atom. The van der Waals surface area contributed by atoms with Gasteiger partial charge in [-0.1, -0.05) is 42.5 Å². The molecule has 2 rings (SSSR count). The van der Waals surface area contributed by atoms with Crippen LogP contribution in [0.3, 0.4) is 0 Å². The molecule has 0 bridgehead atoms. The number of nitrogens with one attached hydrogen (secondary N) is 1. The molecule has 156 valence electrons. The Hall–Kier alpha value is -2.82. The van der Waals surface area contributed by atoms with Gasteiger partial charge < -0.3 is 15.0 Å². The lowest BCUT2D eigenvalue weighted by atomic mass is 10.1. The Kier molecular flexibility index (Phi) is 7.43. The quantitative estimate of drug-likeness (QED) is 0.769. The topological polar surface area (TPSA) is 58.6 Å². The maximum atomic E-state index is 13.0. The van der Waals surface area contributed by atoms with Gasteiger partial charge in [-0.2, -0.15) is 0 Å². The molecule has 2 aromatic rings. The highest BCUT2D eigenvalue weighted by Crippen LogP contribution is 2.21. The van der Waals surface area contributed by atoms with Crippen LogP contribution in [0.1, 0.15) is 44.4 Å². The maximum Gasteiger partial charge on any atom is 0.261 e. The molecule has 1 atom stereocenters. The van der Waals surface area contributed by atoms with Gasteiger partial charge in [0.2, 0.25) is 5.91 Å². The zero-order valence-corrected chi connectivity index (χ0v) is 18.3. The highest BCUT2D eigenvalue weighted by atomic mass is 16.5. The molecule has 0 saturated carbocycles. The molecule has 0 aromatic heterocycles. The smallest absolute Gasteiger partial charge is 0.261 e. The Morgan fingerprint density at radius 3 is 2.31 bits per heavy atom. The van der Waals surface area contributed by atoms with E-state index in [0.29, 0.717) is 12.3 Å². The fourth-order valence-electron chi connectivity index (χ4n) is 2.94. The first-order valence-electron chi connectivity index (χ1n) is 9.93. The predicted octanol–water partition coefficient (Wildman–Crippen LogP) is 4.01. The van der Waals surface area contributed by atoms with E-state index >= 15 is 0 Å². The number of nitrogens with zero attached hydrogens (tertiary/aromatic N) is 1. The van der Waals surface area contributed by atoms with E-state index < -0.39 is 6.04 Å². The zero-order chi connectivity index (χ0) is 21.6. The van der Waals surface area contributed by atoms with E-state index in [4.69, 9.17) is 4.74 Å². The third-order valence-corrected chi connectivity index (χ3v) is 4.77. The number of aryl methyl sites for hydroxylation is 1. The first-order valence-corrected chi connectivity index (χ1v) is 9.93. The summed E-state index contributed by atoms with van der Waals surface area (Å²) >= 11 is 0. The molecule has 0 saturated heterocycles. The lowest BCUT2D eigenvalue weighted by molar-refractivity contribution is -0.142. The third kappa shape index (κ3) is 6.63. The van der Waals surface area contributed by atoms with Crippen LogP contribution in [0.2, 0.25) is 0 Å². The fraction of sp³-hybridized carbons (Fsp3) is 0.417. The largest absolute Gasteiger partial charge is 0.483 e. The van der Waals surface area contributed by atoms with Crippen LogP contribution < -0.4 is 10.1 Å². The molecule has 1 N–H and O–H groups in total. The van der Waals surface area contributed by atoms with Crippen LogP contribution >= 0.6 is 0 Å². The minimum absolute atomic E-state index is 0.121. The van der Waals surface area contributed by atoms with Gasteiger partial charge in [0.25, 0.3) is 5.91 Å². The van der Waals surface area contributed by atoms with Gasteiger partial charge in [-0.3, -0.25) is 9.59 Å². The predicted molar refractivity (Wildman–Crippen MR) is 116 cm³/mol. The van der Waals surface area contributed by atoms with Gasteiger partial charge in [0, 0.05) is 12.1 Å². The number of rotatable bonds is 7. The SMILES string of the molecule is Cc1cccc(OCC(=O)N(Cc2ccccc2)[C@@H](C)C(=O)NC(C)(C)C)c1C. The standard InChI is InChI=1S/C24H32N2O3/c1-17-11-10-14-21(18(17)2)29-16-22(27)26(15-20-12-8-7-9-13-20)19(3)23(28)25-24(4,5)6/h7-14,19H,15-16H2,1-6H3,(H,25,28)/t19-/m0/s1. The molecule has 0 heterocycles. The first kappa shape index (κ1) is 22.5. The molecule has 2 aromatic carbocycles. The van der Waals surface area contributed by atoms with E-state index in [1.165, 1.54) is 0 Å². The molecule has 0 aliphatic rings. The number of benzene rings is 2. The van der Waals surface area contributed by atoms with Crippen LogP contribution in [0.15, 0.2) is 48.5 Å². The molecule has 0 aliphatic carbocycles. The van der Waals surface area contributed by atoms with Crippen LogP contribution in [-0.2, 0) is 16.1 Å². The highest BCUT2D eigenvalue weighted by molar-refractivity contribution is 5.88. The van der Waals surface area contributed by atoms with E-state index in [1.54, 1.807) is 11.8 Å². The van der Waals surface area contributed by atoms with Gasteiger partial charge in [0.05, 0.1) is 0 Å². The minimum atomic E-state index is -0.621. The Balaban J connectivity index is 2.17. The van der Waals surface area contributed by atoms with Crippen molar-refractivity contribution in [2.75, 3.05) is 6.61 Å². The van der Waals surface area contributed by atoms with Crippen molar-refractivity contribution >= 4 is 11.8 Å². The van der Waals surface area contributed by atoms with Gasteiger partial charge in [-0.25, -0.2) is 0 Å². The van der Waals surface area contributed by atoms with Gasteiger partial charge in [0.15, 0.2) is 6.61 Å². The summed E-state index contributed by atoms with van der Waals surface area (Å²) in [4.78, 5) is 27.3. The van der Waals surface area contributed by atoms with E-state index in [0.717, 1.165) is 16.7 Å². The van der Waals surface area contributed by atoms with Crippen LogP contribution in [-0.4, -0.2) is 34.9 Å². The van der Waals surface area contributed by atoms with Crippen molar-refractivity contribution in [3.63, 3.8) is 0 Å². The first-order chi connectivity index (χ1) is 13.6. The second-order valence-corrected chi connectivity index (χ2v) is 8.41. The maximum absolute atomic E-state index is 13.0. The van der Waals surface area contributed by atoms with Crippen molar-refractivity contribution in [1.82, 2.24) is 10.2 Å². The molecule has 5 heteroatoms. The number of carbonyl (C=O) groups is 2. The Labute approximate surface area is 174 Å². The lowest BCUT2D eigenvalue weighted by Crippen LogP contribution is -2.53. The number of ether oxygens (including phenoxy) is 1. The van der Waals surface area contributed by atoms with E-state index in [9.17, 15) is 9.59 Å². The third-order valence-electron chi connectivity index (χ3n) is 4.77. The molecule has 0 unspecified atom stereocenters. The summed E-state index contributed by atoms with van der Waals surface area (Å²) in [5, 5.41) is 2.96. The number of hydrogen-bond donors (Lipinski definition) is 1. The highest BCUT2D eigenvalue weighted by Gasteiger charge is 2.28. The van der Waals surface area contributed by atoms with E-state index in [-0.39, 0.29) is 24.0 Å². The molecular formula is C24H32N2O3. The summed E-state index contributed by atoms with van der Waals surface area (Å²) in [7, 11) is 0. The minimum Gasteiger partial charge on any atom is -0.483 e. The van der Waals surface area contributed by atoms with Gasteiger partial charge >= 0.3 is 0 Å². The van der Waals surface area contributed by atoms with Gasteiger partial charge in [0.1, 0.15) is 11.8 Å². The molecule has 2 amide bonds. The fourth-order valence-corrected chi connectivity index (χ4v) is 2.94. The number of amides is 2.